The fraction of sp³-hybridized carbons (Fsp3) is 0.704. The maximum atomic E-state index is 13.3. The zero-order valence-electron chi connectivity index (χ0n) is 21.2. The van der Waals surface area contributed by atoms with Gasteiger partial charge in [0, 0.05) is 24.2 Å². The number of nitrogens with one attached hydrogen (secondary N) is 1. The number of rotatable bonds is 8. The SMILES string of the molecule is Cc1cc(C)n2nc(CC3=C(O)CC(CCCCC4CCNCC4)(C4CCCC4)OC3=O)nc2n1. The number of aromatic nitrogens is 4. The molecule has 0 spiro atoms. The van der Waals surface area contributed by atoms with Gasteiger partial charge in [0.1, 0.15) is 11.4 Å². The summed E-state index contributed by atoms with van der Waals surface area (Å²) in [5, 5.41) is 19.1. The first-order valence-corrected chi connectivity index (χ1v) is 13.5. The molecular formula is C27H39N5O3. The summed E-state index contributed by atoms with van der Waals surface area (Å²) in [6.45, 7) is 6.13. The van der Waals surface area contributed by atoms with Gasteiger partial charge in [-0.3, -0.25) is 0 Å². The van der Waals surface area contributed by atoms with Gasteiger partial charge in [0.05, 0.1) is 5.57 Å². The summed E-state index contributed by atoms with van der Waals surface area (Å²) in [5.41, 5.74) is 1.52. The molecule has 4 heterocycles. The molecule has 2 aromatic rings. The number of esters is 1. The summed E-state index contributed by atoms with van der Waals surface area (Å²) >= 11 is 0. The summed E-state index contributed by atoms with van der Waals surface area (Å²) in [5.74, 6) is 1.88. The number of aliphatic hydroxyl groups is 1. The lowest BCUT2D eigenvalue weighted by molar-refractivity contribution is -0.167. The van der Waals surface area contributed by atoms with Crippen molar-refractivity contribution in [3.8, 4) is 0 Å². The van der Waals surface area contributed by atoms with Crippen molar-refractivity contribution in [2.75, 3.05) is 13.1 Å². The maximum Gasteiger partial charge on any atom is 0.338 e. The van der Waals surface area contributed by atoms with Crippen LogP contribution in [0.3, 0.4) is 0 Å². The Balaban J connectivity index is 1.30. The second-order valence-electron chi connectivity index (χ2n) is 10.9. The maximum absolute atomic E-state index is 13.3. The summed E-state index contributed by atoms with van der Waals surface area (Å²) in [6.07, 6.45) is 11.9. The predicted molar refractivity (Wildman–Crippen MR) is 133 cm³/mol. The van der Waals surface area contributed by atoms with Crippen molar-refractivity contribution in [1.82, 2.24) is 24.9 Å². The van der Waals surface area contributed by atoms with E-state index < -0.39 is 11.6 Å². The lowest BCUT2D eigenvalue weighted by atomic mass is 9.76. The van der Waals surface area contributed by atoms with Gasteiger partial charge in [0.25, 0.3) is 5.78 Å². The van der Waals surface area contributed by atoms with Gasteiger partial charge in [0.15, 0.2) is 5.82 Å². The molecule has 0 radical (unpaired) electrons. The van der Waals surface area contributed by atoms with E-state index in [1.54, 1.807) is 4.52 Å². The third-order valence-corrected chi connectivity index (χ3v) is 8.37. The van der Waals surface area contributed by atoms with E-state index >= 15 is 0 Å². The first kappa shape index (κ1) is 24.2. The average molecular weight is 482 g/mol. The third-order valence-electron chi connectivity index (χ3n) is 8.37. The van der Waals surface area contributed by atoms with Crippen LogP contribution in [-0.4, -0.2) is 49.3 Å². The van der Waals surface area contributed by atoms with Crippen LogP contribution in [0.4, 0.5) is 0 Å². The van der Waals surface area contributed by atoms with Crippen molar-refractivity contribution in [2.45, 2.75) is 96.5 Å². The molecule has 8 heteroatoms. The third kappa shape index (κ3) is 5.22. The Labute approximate surface area is 207 Å². The topological polar surface area (TPSA) is 102 Å². The Morgan fingerprint density at radius 2 is 1.91 bits per heavy atom. The van der Waals surface area contributed by atoms with E-state index in [1.807, 2.05) is 19.9 Å². The number of carbonyl (C=O) groups is 1. The van der Waals surface area contributed by atoms with E-state index in [1.165, 1.54) is 32.1 Å². The highest BCUT2D eigenvalue weighted by atomic mass is 16.6. The normalized spacial score (nSPS) is 24.5. The number of ether oxygens (including phenoxy) is 1. The van der Waals surface area contributed by atoms with Crippen molar-refractivity contribution in [1.29, 1.82) is 0 Å². The Kier molecular flexibility index (Phi) is 7.09. The monoisotopic (exact) mass is 481 g/mol. The average Bonchev–Trinajstić information content (AvgIpc) is 3.51. The molecule has 2 fully saturated rings. The molecule has 8 nitrogen and oxygen atoms in total. The minimum atomic E-state index is -0.573. The van der Waals surface area contributed by atoms with Crippen molar-refractivity contribution in [3.63, 3.8) is 0 Å². The minimum absolute atomic E-state index is 0.156. The van der Waals surface area contributed by atoms with Crippen molar-refractivity contribution in [2.24, 2.45) is 11.8 Å². The van der Waals surface area contributed by atoms with Crippen LogP contribution in [0.5, 0.6) is 0 Å². The Morgan fingerprint density at radius 1 is 1.14 bits per heavy atom. The molecule has 2 N–H and O–H groups in total. The van der Waals surface area contributed by atoms with Crippen molar-refractivity contribution >= 4 is 11.7 Å². The number of piperidine rings is 1. The Morgan fingerprint density at radius 3 is 2.66 bits per heavy atom. The summed E-state index contributed by atoms with van der Waals surface area (Å²) < 4.78 is 7.96. The quantitative estimate of drug-likeness (QED) is 0.422. The lowest BCUT2D eigenvalue weighted by Gasteiger charge is -2.42. The van der Waals surface area contributed by atoms with E-state index in [2.05, 4.69) is 20.4 Å². The molecule has 1 saturated carbocycles. The van der Waals surface area contributed by atoms with Crippen LogP contribution in [0, 0.1) is 25.7 Å². The van der Waals surface area contributed by atoms with E-state index in [9.17, 15) is 9.90 Å². The number of cyclic esters (lactones) is 1. The molecule has 1 unspecified atom stereocenters. The van der Waals surface area contributed by atoms with Crippen LogP contribution >= 0.6 is 0 Å². The molecule has 2 aromatic heterocycles. The molecule has 0 bridgehead atoms. The first-order chi connectivity index (χ1) is 16.9. The molecule has 1 aliphatic carbocycles. The second-order valence-corrected chi connectivity index (χ2v) is 10.9. The summed E-state index contributed by atoms with van der Waals surface area (Å²) in [4.78, 5) is 22.2. The van der Waals surface area contributed by atoms with Crippen LogP contribution < -0.4 is 5.32 Å². The summed E-state index contributed by atoms with van der Waals surface area (Å²) in [6, 6.07) is 1.94. The molecular weight excluding hydrogens is 442 g/mol. The van der Waals surface area contributed by atoms with Crippen LogP contribution in [0.25, 0.3) is 5.78 Å². The number of fused-ring (bicyclic) bond motifs is 1. The molecule has 0 amide bonds. The van der Waals surface area contributed by atoms with Crippen LogP contribution in [-0.2, 0) is 16.0 Å². The van der Waals surface area contributed by atoms with Crippen molar-refractivity contribution < 1.29 is 14.6 Å². The molecule has 190 valence electrons. The van der Waals surface area contributed by atoms with Gasteiger partial charge in [-0.2, -0.15) is 4.98 Å². The number of carbonyl (C=O) groups excluding carboxylic acids is 1. The molecule has 2 aliphatic heterocycles. The highest BCUT2D eigenvalue weighted by Gasteiger charge is 2.48. The standard InChI is InChI=1S/C27H39N5O3/c1-18-15-19(2)32-26(29-18)30-24(31-32)16-22-23(33)17-27(35-25(22)34,21-8-3-4-9-21)12-6-5-7-20-10-13-28-14-11-20/h15,20-21,28,33H,3-14,16-17H2,1-2H3. The van der Waals surface area contributed by atoms with Crippen LogP contribution in [0.15, 0.2) is 17.4 Å². The zero-order valence-corrected chi connectivity index (χ0v) is 21.2. The smallest absolute Gasteiger partial charge is 0.338 e. The number of hydrogen-bond donors (Lipinski definition) is 2. The predicted octanol–water partition coefficient (Wildman–Crippen LogP) is 4.53. The van der Waals surface area contributed by atoms with E-state index in [0.29, 0.717) is 29.5 Å². The molecule has 5 rings (SSSR count). The minimum Gasteiger partial charge on any atom is -0.512 e. The fourth-order valence-electron chi connectivity index (χ4n) is 6.46. The molecule has 3 aliphatic rings. The van der Waals surface area contributed by atoms with Gasteiger partial charge in [-0.1, -0.05) is 25.7 Å². The lowest BCUT2D eigenvalue weighted by Crippen LogP contribution is -2.46. The number of nitrogens with zero attached hydrogens (tertiary/aromatic N) is 4. The Bertz CT molecular complexity index is 1100. The Hall–Kier alpha value is -2.48. The van der Waals surface area contributed by atoms with E-state index in [4.69, 9.17) is 4.74 Å². The van der Waals surface area contributed by atoms with Gasteiger partial charge in [-0.25, -0.2) is 14.3 Å². The first-order valence-electron chi connectivity index (χ1n) is 13.5. The molecule has 1 saturated heterocycles. The zero-order chi connectivity index (χ0) is 24.4. The molecule has 0 aromatic carbocycles. The van der Waals surface area contributed by atoms with Crippen molar-refractivity contribution in [3.05, 3.63) is 34.6 Å². The van der Waals surface area contributed by atoms with Gasteiger partial charge in [-0.15, -0.1) is 5.10 Å². The largest absolute Gasteiger partial charge is 0.512 e. The van der Waals surface area contributed by atoms with E-state index in [0.717, 1.165) is 62.5 Å². The van der Waals surface area contributed by atoms with Gasteiger partial charge < -0.3 is 15.2 Å². The van der Waals surface area contributed by atoms with Gasteiger partial charge >= 0.3 is 5.97 Å². The van der Waals surface area contributed by atoms with Gasteiger partial charge in [-0.05, 0) is 83.4 Å². The number of aryl methyl sites for hydroxylation is 2. The summed E-state index contributed by atoms with van der Waals surface area (Å²) in [7, 11) is 0. The number of aliphatic hydroxyl groups excluding tert-OH is 1. The van der Waals surface area contributed by atoms with E-state index in [-0.39, 0.29) is 12.2 Å². The molecule has 35 heavy (non-hydrogen) atoms. The number of unbranched alkanes of at least 4 members (excludes halogenated alkanes) is 1. The second kappa shape index (κ2) is 10.2. The highest BCUT2D eigenvalue weighted by molar-refractivity contribution is 5.90. The van der Waals surface area contributed by atoms with Crippen LogP contribution in [0.1, 0.15) is 87.8 Å². The van der Waals surface area contributed by atoms with Gasteiger partial charge in [0.2, 0.25) is 0 Å². The molecule has 1 atom stereocenters. The van der Waals surface area contributed by atoms with Crippen LogP contribution in [0.2, 0.25) is 0 Å². The fourth-order valence-corrected chi connectivity index (χ4v) is 6.46. The number of hydrogen-bond acceptors (Lipinski definition) is 7. The highest BCUT2D eigenvalue weighted by Crippen LogP contribution is 2.46.